The molecule has 0 saturated heterocycles. The van der Waals surface area contributed by atoms with E-state index in [1.54, 1.807) is 27.2 Å². The van der Waals surface area contributed by atoms with E-state index in [4.69, 9.17) is 0 Å². The zero-order chi connectivity index (χ0) is 11.4. The maximum atomic E-state index is 11.5. The summed E-state index contributed by atoms with van der Waals surface area (Å²) in [5.74, 6) is 0.484. The Bertz CT molecular complexity index is 351. The summed E-state index contributed by atoms with van der Waals surface area (Å²) in [5.41, 5.74) is 0.872. The molecule has 0 spiro atoms. The van der Waals surface area contributed by atoms with Gasteiger partial charge < -0.3 is 10.2 Å². The number of aryl methyl sites for hydroxylation is 1. The van der Waals surface area contributed by atoms with Crippen LogP contribution in [0.15, 0.2) is 12.3 Å². The van der Waals surface area contributed by atoms with Gasteiger partial charge in [-0.3, -0.25) is 4.79 Å². The first-order valence-electron chi connectivity index (χ1n) is 4.78. The standard InChI is InChI=1S/C10H16N4O/c1-7-5-6-11-10(12-7)13-8(2)9(15)14(3)4/h5-6,8H,1-4H3,(H,11,12,13)/t8-/m0/s1. The number of nitrogens with zero attached hydrogens (tertiary/aromatic N) is 3. The second-order valence-corrected chi connectivity index (χ2v) is 3.62. The summed E-state index contributed by atoms with van der Waals surface area (Å²) in [5, 5.41) is 2.95. The molecule has 1 aromatic heterocycles. The smallest absolute Gasteiger partial charge is 0.244 e. The molecule has 1 aromatic rings. The molecule has 0 aliphatic rings. The monoisotopic (exact) mass is 208 g/mol. The van der Waals surface area contributed by atoms with E-state index in [1.807, 2.05) is 13.0 Å². The van der Waals surface area contributed by atoms with E-state index in [0.717, 1.165) is 5.69 Å². The molecule has 5 heteroatoms. The summed E-state index contributed by atoms with van der Waals surface area (Å²) >= 11 is 0. The summed E-state index contributed by atoms with van der Waals surface area (Å²) in [6, 6.07) is 1.49. The molecule has 1 amide bonds. The van der Waals surface area contributed by atoms with E-state index >= 15 is 0 Å². The molecule has 5 nitrogen and oxygen atoms in total. The van der Waals surface area contributed by atoms with Crippen molar-refractivity contribution in [3.8, 4) is 0 Å². The molecule has 0 bridgehead atoms. The van der Waals surface area contributed by atoms with E-state index in [-0.39, 0.29) is 11.9 Å². The first-order chi connectivity index (χ1) is 7.00. The number of nitrogens with one attached hydrogen (secondary N) is 1. The van der Waals surface area contributed by atoms with Crippen LogP contribution in [0.3, 0.4) is 0 Å². The molecule has 15 heavy (non-hydrogen) atoms. The minimum Gasteiger partial charge on any atom is -0.347 e. The molecule has 0 aliphatic carbocycles. The predicted octanol–water partition coefficient (Wildman–Crippen LogP) is 0.674. The first kappa shape index (κ1) is 11.4. The lowest BCUT2D eigenvalue weighted by Gasteiger charge is -2.17. The molecule has 1 atom stereocenters. The molecule has 0 unspecified atom stereocenters. The highest BCUT2D eigenvalue weighted by Gasteiger charge is 2.15. The van der Waals surface area contributed by atoms with E-state index in [1.165, 1.54) is 4.90 Å². The van der Waals surface area contributed by atoms with Gasteiger partial charge in [-0.1, -0.05) is 0 Å². The van der Waals surface area contributed by atoms with Gasteiger partial charge >= 0.3 is 0 Å². The molecule has 0 aromatic carbocycles. The Morgan fingerprint density at radius 1 is 1.53 bits per heavy atom. The number of carbonyl (C=O) groups is 1. The number of carbonyl (C=O) groups excluding carboxylic acids is 1. The highest BCUT2D eigenvalue weighted by atomic mass is 16.2. The van der Waals surface area contributed by atoms with Gasteiger partial charge in [-0.05, 0) is 19.9 Å². The third-order valence-electron chi connectivity index (χ3n) is 1.95. The number of anilines is 1. The summed E-state index contributed by atoms with van der Waals surface area (Å²) in [6.45, 7) is 3.67. The van der Waals surface area contributed by atoms with Crippen molar-refractivity contribution >= 4 is 11.9 Å². The highest BCUT2D eigenvalue weighted by Crippen LogP contribution is 2.02. The second-order valence-electron chi connectivity index (χ2n) is 3.62. The van der Waals surface area contributed by atoms with Crippen molar-refractivity contribution in [2.45, 2.75) is 19.9 Å². The fourth-order valence-electron chi connectivity index (χ4n) is 1.16. The zero-order valence-corrected chi connectivity index (χ0v) is 9.48. The fourth-order valence-corrected chi connectivity index (χ4v) is 1.16. The lowest BCUT2D eigenvalue weighted by Crippen LogP contribution is -2.37. The van der Waals surface area contributed by atoms with Gasteiger partial charge in [-0.15, -0.1) is 0 Å². The Labute approximate surface area is 89.5 Å². The Kier molecular flexibility index (Phi) is 3.60. The minimum atomic E-state index is -0.318. The van der Waals surface area contributed by atoms with Crippen LogP contribution in [-0.4, -0.2) is 40.9 Å². The topological polar surface area (TPSA) is 58.1 Å². The SMILES string of the molecule is Cc1ccnc(N[C@@H](C)C(=O)N(C)C)n1. The third kappa shape index (κ3) is 3.19. The minimum absolute atomic E-state index is 0.0000983. The van der Waals surface area contributed by atoms with Gasteiger partial charge in [0.15, 0.2) is 0 Å². The molecule has 82 valence electrons. The van der Waals surface area contributed by atoms with Crippen LogP contribution < -0.4 is 5.32 Å². The average Bonchev–Trinajstić information content (AvgIpc) is 2.16. The molecule has 1 N–H and O–H groups in total. The van der Waals surface area contributed by atoms with Crippen molar-refractivity contribution in [1.82, 2.24) is 14.9 Å². The fraction of sp³-hybridized carbons (Fsp3) is 0.500. The number of rotatable bonds is 3. The Hall–Kier alpha value is -1.65. The largest absolute Gasteiger partial charge is 0.347 e. The van der Waals surface area contributed by atoms with Gasteiger partial charge in [-0.25, -0.2) is 9.97 Å². The molecular formula is C10H16N4O. The lowest BCUT2D eigenvalue weighted by molar-refractivity contribution is -0.129. The van der Waals surface area contributed by atoms with Crippen molar-refractivity contribution in [3.05, 3.63) is 18.0 Å². The summed E-state index contributed by atoms with van der Waals surface area (Å²) in [7, 11) is 3.44. The molecule has 0 saturated carbocycles. The number of amides is 1. The molecule has 1 rings (SSSR count). The summed E-state index contributed by atoms with van der Waals surface area (Å²) < 4.78 is 0. The summed E-state index contributed by atoms with van der Waals surface area (Å²) in [4.78, 5) is 21.3. The van der Waals surface area contributed by atoms with Crippen molar-refractivity contribution in [2.24, 2.45) is 0 Å². The van der Waals surface area contributed by atoms with Crippen LogP contribution in [0.5, 0.6) is 0 Å². The molecule has 0 radical (unpaired) electrons. The number of aromatic nitrogens is 2. The predicted molar refractivity (Wildman–Crippen MR) is 58.5 cm³/mol. The van der Waals surface area contributed by atoms with Gasteiger partial charge in [0.25, 0.3) is 0 Å². The molecular weight excluding hydrogens is 192 g/mol. The van der Waals surface area contributed by atoms with Crippen LogP contribution in [0.2, 0.25) is 0 Å². The van der Waals surface area contributed by atoms with Crippen LogP contribution in [0.4, 0.5) is 5.95 Å². The normalized spacial score (nSPS) is 12.0. The van der Waals surface area contributed by atoms with Crippen LogP contribution >= 0.6 is 0 Å². The Morgan fingerprint density at radius 2 is 2.20 bits per heavy atom. The van der Waals surface area contributed by atoms with Gasteiger partial charge in [0.05, 0.1) is 0 Å². The maximum absolute atomic E-state index is 11.5. The quantitative estimate of drug-likeness (QED) is 0.793. The zero-order valence-electron chi connectivity index (χ0n) is 9.48. The maximum Gasteiger partial charge on any atom is 0.244 e. The Morgan fingerprint density at radius 3 is 2.73 bits per heavy atom. The van der Waals surface area contributed by atoms with Crippen LogP contribution in [0.25, 0.3) is 0 Å². The lowest BCUT2D eigenvalue weighted by atomic mass is 10.3. The van der Waals surface area contributed by atoms with E-state index in [2.05, 4.69) is 15.3 Å². The van der Waals surface area contributed by atoms with Crippen LogP contribution in [-0.2, 0) is 4.79 Å². The van der Waals surface area contributed by atoms with Crippen molar-refractivity contribution < 1.29 is 4.79 Å². The van der Waals surface area contributed by atoms with E-state index in [0.29, 0.717) is 5.95 Å². The van der Waals surface area contributed by atoms with E-state index in [9.17, 15) is 4.79 Å². The molecule has 0 aliphatic heterocycles. The van der Waals surface area contributed by atoms with Crippen LogP contribution in [0.1, 0.15) is 12.6 Å². The third-order valence-corrected chi connectivity index (χ3v) is 1.95. The van der Waals surface area contributed by atoms with Crippen molar-refractivity contribution in [2.75, 3.05) is 19.4 Å². The molecule has 0 fully saturated rings. The van der Waals surface area contributed by atoms with Crippen LogP contribution in [0, 0.1) is 6.92 Å². The van der Waals surface area contributed by atoms with Gasteiger partial charge in [0.1, 0.15) is 6.04 Å². The van der Waals surface area contributed by atoms with Crippen molar-refractivity contribution in [1.29, 1.82) is 0 Å². The second kappa shape index (κ2) is 4.72. The average molecular weight is 208 g/mol. The number of hydrogen-bond acceptors (Lipinski definition) is 4. The van der Waals surface area contributed by atoms with E-state index < -0.39 is 0 Å². The number of likely N-dealkylation sites (N-methyl/N-ethyl adjacent to an activating group) is 1. The van der Waals surface area contributed by atoms with Gasteiger partial charge in [0, 0.05) is 26.0 Å². The molecule has 1 heterocycles. The number of hydrogen-bond donors (Lipinski definition) is 1. The van der Waals surface area contributed by atoms with Gasteiger partial charge in [0.2, 0.25) is 11.9 Å². The van der Waals surface area contributed by atoms with Gasteiger partial charge in [-0.2, -0.15) is 0 Å². The van der Waals surface area contributed by atoms with Crippen molar-refractivity contribution in [3.63, 3.8) is 0 Å². The first-order valence-corrected chi connectivity index (χ1v) is 4.78. The Balaban J connectivity index is 2.66. The summed E-state index contributed by atoms with van der Waals surface area (Å²) in [6.07, 6.45) is 1.66. The highest BCUT2D eigenvalue weighted by molar-refractivity contribution is 5.83.